The SMILES string of the molecule is Cc1cccc(OCCCC(=O)OCc2cc(=O)n3cccc(C)c3n2)c1. The molecule has 3 rings (SSSR count). The molecule has 2 heterocycles. The fourth-order valence-corrected chi connectivity index (χ4v) is 2.72. The van der Waals surface area contributed by atoms with Crippen LogP contribution in [-0.2, 0) is 16.1 Å². The molecule has 0 radical (unpaired) electrons. The van der Waals surface area contributed by atoms with Gasteiger partial charge in [0.2, 0.25) is 0 Å². The molecule has 0 N–H and O–H groups in total. The van der Waals surface area contributed by atoms with Gasteiger partial charge in [-0.25, -0.2) is 4.98 Å². The number of carbonyl (C=O) groups is 1. The Morgan fingerprint density at radius 1 is 1.15 bits per heavy atom. The van der Waals surface area contributed by atoms with E-state index in [1.807, 2.05) is 44.2 Å². The number of aryl methyl sites for hydroxylation is 2. The Balaban J connectivity index is 1.48. The molecular weight excluding hydrogens is 344 g/mol. The molecule has 0 unspecified atom stereocenters. The summed E-state index contributed by atoms with van der Waals surface area (Å²) in [6.45, 7) is 4.30. The zero-order valence-corrected chi connectivity index (χ0v) is 15.5. The Bertz CT molecular complexity index is 1010. The number of benzene rings is 1. The molecule has 0 atom stereocenters. The lowest BCUT2D eigenvalue weighted by Crippen LogP contribution is -2.17. The maximum absolute atomic E-state index is 12.1. The van der Waals surface area contributed by atoms with E-state index < -0.39 is 0 Å². The van der Waals surface area contributed by atoms with E-state index in [1.54, 1.807) is 12.3 Å². The van der Waals surface area contributed by atoms with Gasteiger partial charge >= 0.3 is 5.97 Å². The van der Waals surface area contributed by atoms with Crippen molar-refractivity contribution < 1.29 is 14.3 Å². The molecule has 0 amide bonds. The monoisotopic (exact) mass is 366 g/mol. The zero-order valence-electron chi connectivity index (χ0n) is 15.5. The zero-order chi connectivity index (χ0) is 19.2. The normalized spacial score (nSPS) is 10.7. The molecule has 0 bridgehead atoms. The molecule has 0 aliphatic rings. The summed E-state index contributed by atoms with van der Waals surface area (Å²) in [4.78, 5) is 28.5. The summed E-state index contributed by atoms with van der Waals surface area (Å²) in [6, 6.07) is 12.8. The minimum Gasteiger partial charge on any atom is -0.494 e. The first kappa shape index (κ1) is 18.6. The van der Waals surface area contributed by atoms with Gasteiger partial charge in [0, 0.05) is 18.7 Å². The number of hydrogen-bond donors (Lipinski definition) is 0. The van der Waals surface area contributed by atoms with E-state index in [2.05, 4.69) is 4.98 Å². The van der Waals surface area contributed by atoms with Gasteiger partial charge in [0.15, 0.2) is 0 Å². The third kappa shape index (κ3) is 4.94. The second kappa shape index (κ2) is 8.49. The molecular formula is C21H22N2O4. The topological polar surface area (TPSA) is 69.9 Å². The number of fused-ring (bicyclic) bond motifs is 1. The van der Waals surface area contributed by atoms with Crippen LogP contribution in [-0.4, -0.2) is 22.0 Å². The van der Waals surface area contributed by atoms with Crippen molar-refractivity contribution in [1.82, 2.24) is 9.38 Å². The lowest BCUT2D eigenvalue weighted by Gasteiger charge is -2.08. The first-order chi connectivity index (χ1) is 13.0. The van der Waals surface area contributed by atoms with Crippen LogP contribution in [0.2, 0.25) is 0 Å². The molecule has 1 aromatic carbocycles. The minimum absolute atomic E-state index is 0.0162. The van der Waals surface area contributed by atoms with E-state index in [0.29, 0.717) is 24.4 Å². The number of carbonyl (C=O) groups excluding carboxylic acids is 1. The largest absolute Gasteiger partial charge is 0.494 e. The summed E-state index contributed by atoms with van der Waals surface area (Å²) in [5.41, 5.74) is 2.83. The highest BCUT2D eigenvalue weighted by Gasteiger charge is 2.08. The van der Waals surface area contributed by atoms with Crippen molar-refractivity contribution in [2.45, 2.75) is 33.3 Å². The molecule has 2 aromatic heterocycles. The van der Waals surface area contributed by atoms with Crippen LogP contribution >= 0.6 is 0 Å². The first-order valence-corrected chi connectivity index (χ1v) is 8.86. The van der Waals surface area contributed by atoms with Crippen LogP contribution in [0.1, 0.15) is 29.7 Å². The highest BCUT2D eigenvalue weighted by molar-refractivity contribution is 5.69. The van der Waals surface area contributed by atoms with Gasteiger partial charge in [-0.2, -0.15) is 0 Å². The fourth-order valence-electron chi connectivity index (χ4n) is 2.72. The molecule has 6 nitrogen and oxygen atoms in total. The second-order valence-electron chi connectivity index (χ2n) is 6.40. The summed E-state index contributed by atoms with van der Waals surface area (Å²) < 4.78 is 12.3. The second-order valence-corrected chi connectivity index (χ2v) is 6.40. The third-order valence-electron chi connectivity index (χ3n) is 4.10. The van der Waals surface area contributed by atoms with E-state index in [9.17, 15) is 9.59 Å². The van der Waals surface area contributed by atoms with Crippen LogP contribution in [0.4, 0.5) is 0 Å². The van der Waals surface area contributed by atoms with E-state index >= 15 is 0 Å². The van der Waals surface area contributed by atoms with E-state index in [1.165, 1.54) is 10.5 Å². The predicted octanol–water partition coefficient (Wildman–Crippen LogP) is 3.21. The van der Waals surface area contributed by atoms with E-state index in [0.717, 1.165) is 16.9 Å². The molecule has 140 valence electrons. The Morgan fingerprint density at radius 2 is 2.00 bits per heavy atom. The summed E-state index contributed by atoms with van der Waals surface area (Å²) >= 11 is 0. The van der Waals surface area contributed by atoms with Crippen LogP contribution in [0.25, 0.3) is 5.65 Å². The number of esters is 1. The number of pyridine rings is 1. The highest BCUT2D eigenvalue weighted by Crippen LogP contribution is 2.13. The van der Waals surface area contributed by atoms with Gasteiger partial charge < -0.3 is 9.47 Å². The fraction of sp³-hybridized carbons (Fsp3) is 0.286. The predicted molar refractivity (Wildman–Crippen MR) is 102 cm³/mol. The smallest absolute Gasteiger partial charge is 0.306 e. The molecule has 0 aliphatic carbocycles. The van der Waals surface area contributed by atoms with Crippen molar-refractivity contribution in [2.75, 3.05) is 6.61 Å². The number of aromatic nitrogens is 2. The van der Waals surface area contributed by atoms with Crippen molar-refractivity contribution in [2.24, 2.45) is 0 Å². The minimum atomic E-state index is -0.338. The first-order valence-electron chi connectivity index (χ1n) is 8.86. The lowest BCUT2D eigenvalue weighted by molar-refractivity contribution is -0.145. The van der Waals surface area contributed by atoms with Crippen LogP contribution in [0.15, 0.2) is 53.5 Å². The molecule has 6 heteroatoms. The average molecular weight is 366 g/mol. The maximum atomic E-state index is 12.1. The summed E-state index contributed by atoms with van der Waals surface area (Å²) in [7, 11) is 0. The van der Waals surface area contributed by atoms with Gasteiger partial charge in [0.25, 0.3) is 5.56 Å². The van der Waals surface area contributed by atoms with Gasteiger partial charge in [-0.3, -0.25) is 14.0 Å². The summed E-state index contributed by atoms with van der Waals surface area (Å²) in [5, 5.41) is 0. The quantitative estimate of drug-likeness (QED) is 0.474. The molecule has 0 saturated heterocycles. The Labute approximate surface area is 157 Å². The molecule has 0 spiro atoms. The van der Waals surface area contributed by atoms with Gasteiger partial charge in [-0.15, -0.1) is 0 Å². The summed E-state index contributed by atoms with van der Waals surface area (Å²) in [6.07, 6.45) is 2.47. The van der Waals surface area contributed by atoms with Crippen LogP contribution in [0, 0.1) is 13.8 Å². The molecule has 27 heavy (non-hydrogen) atoms. The number of rotatable bonds is 7. The molecule has 0 fully saturated rings. The van der Waals surface area contributed by atoms with Crippen LogP contribution in [0.3, 0.4) is 0 Å². The van der Waals surface area contributed by atoms with Gasteiger partial charge in [-0.1, -0.05) is 18.2 Å². The van der Waals surface area contributed by atoms with Gasteiger partial charge in [0.1, 0.15) is 18.0 Å². The standard InChI is InChI=1S/C21H22N2O4/c1-15-6-3-8-18(12-15)26-11-5-9-20(25)27-14-17-13-19(24)23-10-4-7-16(2)21(23)22-17/h3-4,6-8,10,12-13H,5,9,11,14H2,1-2H3. The van der Waals surface area contributed by atoms with Crippen molar-refractivity contribution in [3.05, 3.63) is 75.8 Å². The molecule has 0 aliphatic heterocycles. The van der Waals surface area contributed by atoms with Crippen LogP contribution < -0.4 is 10.3 Å². The number of nitrogens with zero attached hydrogens (tertiary/aromatic N) is 2. The van der Waals surface area contributed by atoms with Crippen molar-refractivity contribution in [1.29, 1.82) is 0 Å². The Morgan fingerprint density at radius 3 is 2.81 bits per heavy atom. The van der Waals surface area contributed by atoms with E-state index in [4.69, 9.17) is 9.47 Å². The summed E-state index contributed by atoms with van der Waals surface area (Å²) in [5.74, 6) is 0.453. The maximum Gasteiger partial charge on any atom is 0.306 e. The molecule has 3 aromatic rings. The average Bonchev–Trinajstić information content (AvgIpc) is 2.64. The number of ether oxygens (including phenoxy) is 2. The third-order valence-corrected chi connectivity index (χ3v) is 4.10. The lowest BCUT2D eigenvalue weighted by atomic mass is 10.2. The molecule has 0 saturated carbocycles. The Hall–Kier alpha value is -3.15. The Kier molecular flexibility index (Phi) is 5.86. The van der Waals surface area contributed by atoms with Gasteiger partial charge in [-0.05, 0) is 49.6 Å². The number of hydrogen-bond acceptors (Lipinski definition) is 5. The van der Waals surface area contributed by atoms with Crippen molar-refractivity contribution in [3.8, 4) is 5.75 Å². The van der Waals surface area contributed by atoms with Gasteiger partial charge in [0.05, 0.1) is 12.3 Å². The van der Waals surface area contributed by atoms with Crippen LogP contribution in [0.5, 0.6) is 5.75 Å². The van der Waals surface area contributed by atoms with E-state index in [-0.39, 0.29) is 24.6 Å². The highest BCUT2D eigenvalue weighted by atomic mass is 16.5. The van der Waals surface area contributed by atoms with Crippen molar-refractivity contribution in [3.63, 3.8) is 0 Å². The van der Waals surface area contributed by atoms with Crippen molar-refractivity contribution >= 4 is 11.6 Å².